The predicted octanol–water partition coefficient (Wildman–Crippen LogP) is 4.42. The fourth-order valence-corrected chi connectivity index (χ4v) is 2.62. The lowest BCUT2D eigenvalue weighted by Gasteiger charge is -2.14. The van der Waals surface area contributed by atoms with Crippen LogP contribution in [0.25, 0.3) is 11.1 Å². The summed E-state index contributed by atoms with van der Waals surface area (Å²) in [6, 6.07) is 16.4. The average Bonchev–Trinajstić information content (AvgIpc) is 2.62. The topological polar surface area (TPSA) is 77.2 Å². The Bertz CT molecular complexity index is 973. The van der Waals surface area contributed by atoms with Gasteiger partial charge in [-0.15, -0.1) is 13.2 Å². The van der Waals surface area contributed by atoms with E-state index in [-0.39, 0.29) is 17.9 Å². The highest BCUT2D eigenvalue weighted by atomic mass is 19.4. The number of nitrogens with one attached hydrogen (secondary N) is 1. The van der Waals surface area contributed by atoms with Crippen LogP contribution in [0.4, 0.5) is 24.7 Å². The molecule has 0 aliphatic heterocycles. The fraction of sp³-hybridized carbons (Fsp3) is 0.100. The minimum absolute atomic E-state index is 0.136. The second-order valence-electron chi connectivity index (χ2n) is 5.94. The molecule has 2 aromatic carbocycles. The van der Waals surface area contributed by atoms with Crippen LogP contribution in [0, 0.1) is 0 Å². The van der Waals surface area contributed by atoms with E-state index in [1.807, 2.05) is 18.2 Å². The number of amides is 1. The van der Waals surface area contributed by atoms with Gasteiger partial charge in [0.1, 0.15) is 5.82 Å². The Labute approximate surface area is 159 Å². The summed E-state index contributed by atoms with van der Waals surface area (Å²) in [6.45, 7) is 0. The van der Waals surface area contributed by atoms with E-state index in [1.165, 1.54) is 18.2 Å². The van der Waals surface area contributed by atoms with Crippen molar-refractivity contribution in [2.45, 2.75) is 12.8 Å². The van der Waals surface area contributed by atoms with Gasteiger partial charge in [0.25, 0.3) is 0 Å². The average molecular weight is 387 g/mol. The van der Waals surface area contributed by atoms with Crippen molar-refractivity contribution in [3.05, 3.63) is 72.4 Å². The molecule has 0 saturated heterocycles. The number of rotatable bonds is 6. The number of nitrogens with zero attached hydrogens (tertiary/aromatic N) is 1. The molecule has 0 atom stereocenters. The Morgan fingerprint density at radius 1 is 1.04 bits per heavy atom. The molecule has 1 heterocycles. The molecule has 0 radical (unpaired) electrons. The van der Waals surface area contributed by atoms with Gasteiger partial charge in [-0.25, -0.2) is 4.98 Å². The number of benzene rings is 2. The quantitative estimate of drug-likeness (QED) is 0.657. The smallest absolute Gasteiger partial charge is 0.404 e. The number of halogens is 3. The molecule has 8 heteroatoms. The number of aromatic nitrogens is 1. The minimum atomic E-state index is -4.79. The third-order valence-electron chi connectivity index (χ3n) is 3.78. The molecule has 28 heavy (non-hydrogen) atoms. The predicted molar refractivity (Wildman–Crippen MR) is 99.0 cm³/mol. The molecule has 0 aliphatic carbocycles. The van der Waals surface area contributed by atoms with Crippen molar-refractivity contribution in [2.24, 2.45) is 5.73 Å². The molecule has 0 spiro atoms. The third-order valence-corrected chi connectivity index (χ3v) is 3.78. The zero-order chi connectivity index (χ0) is 20.1. The number of hydrogen-bond donors (Lipinski definition) is 2. The maximum Gasteiger partial charge on any atom is 0.573 e. The highest BCUT2D eigenvalue weighted by molar-refractivity contribution is 5.77. The molecule has 0 aliphatic rings. The van der Waals surface area contributed by atoms with E-state index in [0.717, 1.165) is 16.7 Å². The van der Waals surface area contributed by atoms with Gasteiger partial charge in [0.15, 0.2) is 5.75 Å². The summed E-state index contributed by atoms with van der Waals surface area (Å²) >= 11 is 0. The largest absolute Gasteiger partial charge is 0.573 e. The van der Waals surface area contributed by atoms with Crippen LogP contribution in [0.2, 0.25) is 0 Å². The molecule has 144 valence electrons. The van der Waals surface area contributed by atoms with Gasteiger partial charge in [0, 0.05) is 11.8 Å². The molecule has 5 nitrogen and oxygen atoms in total. The maximum atomic E-state index is 12.5. The highest BCUT2D eigenvalue weighted by Gasteiger charge is 2.32. The molecule has 0 bridgehead atoms. The van der Waals surface area contributed by atoms with Crippen LogP contribution in [0.3, 0.4) is 0 Å². The van der Waals surface area contributed by atoms with Gasteiger partial charge in [-0.1, -0.05) is 36.4 Å². The maximum absolute atomic E-state index is 12.5. The summed E-state index contributed by atoms with van der Waals surface area (Å²) in [4.78, 5) is 15.3. The molecule has 3 N–H and O–H groups in total. The van der Waals surface area contributed by atoms with Crippen molar-refractivity contribution >= 4 is 17.4 Å². The Kier molecular flexibility index (Phi) is 5.49. The number of nitrogens with two attached hydrogens (primary N) is 1. The normalized spacial score (nSPS) is 11.1. The standard InChI is InChI=1S/C20H16F3N3O2/c21-20(22,23)28-17-7-2-1-6-16(17)26-19-9-8-15(12-25-19)14-5-3-4-13(10-14)11-18(24)27/h1-10,12H,11H2,(H2,24,27)(H,25,26). The number of hydrogen-bond acceptors (Lipinski definition) is 4. The SMILES string of the molecule is NC(=O)Cc1cccc(-c2ccc(Nc3ccccc3OC(F)(F)F)nc2)c1. The summed E-state index contributed by atoms with van der Waals surface area (Å²) in [5, 5.41) is 2.81. The monoisotopic (exact) mass is 387 g/mol. The van der Waals surface area contributed by atoms with Gasteiger partial charge in [-0.05, 0) is 35.4 Å². The number of alkyl halides is 3. The van der Waals surface area contributed by atoms with Crippen LogP contribution in [0.15, 0.2) is 66.9 Å². The summed E-state index contributed by atoms with van der Waals surface area (Å²) in [6.07, 6.45) is -3.07. The highest BCUT2D eigenvalue weighted by Crippen LogP contribution is 2.32. The first kappa shape index (κ1) is 19.2. The van der Waals surface area contributed by atoms with Gasteiger partial charge in [-0.3, -0.25) is 4.79 Å². The van der Waals surface area contributed by atoms with Crippen molar-refractivity contribution in [1.29, 1.82) is 0 Å². The first-order valence-corrected chi connectivity index (χ1v) is 8.25. The number of pyridine rings is 1. The molecule has 3 aromatic rings. The molecule has 0 fully saturated rings. The lowest BCUT2D eigenvalue weighted by molar-refractivity contribution is -0.274. The van der Waals surface area contributed by atoms with Crippen molar-refractivity contribution in [1.82, 2.24) is 4.98 Å². The molecule has 3 rings (SSSR count). The van der Waals surface area contributed by atoms with E-state index in [2.05, 4.69) is 15.0 Å². The lowest BCUT2D eigenvalue weighted by atomic mass is 10.0. The second kappa shape index (κ2) is 7.99. The van der Waals surface area contributed by atoms with E-state index in [1.54, 1.807) is 30.5 Å². The number of ether oxygens (including phenoxy) is 1. The number of carbonyl (C=O) groups excluding carboxylic acids is 1. The van der Waals surface area contributed by atoms with Gasteiger partial charge in [0.05, 0.1) is 12.1 Å². The zero-order valence-corrected chi connectivity index (χ0v) is 14.5. The summed E-state index contributed by atoms with van der Waals surface area (Å²) in [5.41, 5.74) is 7.78. The van der Waals surface area contributed by atoms with E-state index in [0.29, 0.717) is 5.82 Å². The van der Waals surface area contributed by atoms with Crippen LogP contribution in [0.1, 0.15) is 5.56 Å². The van der Waals surface area contributed by atoms with Gasteiger partial charge in [-0.2, -0.15) is 0 Å². The van der Waals surface area contributed by atoms with Crippen LogP contribution < -0.4 is 15.8 Å². The van der Waals surface area contributed by atoms with E-state index in [9.17, 15) is 18.0 Å². The Balaban J connectivity index is 1.78. The van der Waals surface area contributed by atoms with E-state index >= 15 is 0 Å². The first-order valence-electron chi connectivity index (χ1n) is 8.25. The minimum Gasteiger partial charge on any atom is -0.404 e. The van der Waals surface area contributed by atoms with Crippen molar-refractivity contribution in [3.8, 4) is 16.9 Å². The molecular weight excluding hydrogens is 371 g/mol. The molecule has 1 amide bonds. The van der Waals surface area contributed by atoms with Crippen molar-refractivity contribution < 1.29 is 22.7 Å². The molecule has 1 aromatic heterocycles. The summed E-state index contributed by atoms with van der Waals surface area (Å²) in [5.74, 6) is -0.412. The van der Waals surface area contributed by atoms with Crippen molar-refractivity contribution in [2.75, 3.05) is 5.32 Å². The first-order chi connectivity index (χ1) is 13.3. The van der Waals surface area contributed by atoms with Crippen LogP contribution in [-0.2, 0) is 11.2 Å². The summed E-state index contributed by atoms with van der Waals surface area (Å²) < 4.78 is 41.6. The van der Waals surface area contributed by atoms with Gasteiger partial charge in [0.2, 0.25) is 5.91 Å². The number of carbonyl (C=O) groups is 1. The lowest BCUT2D eigenvalue weighted by Crippen LogP contribution is -2.17. The zero-order valence-electron chi connectivity index (χ0n) is 14.5. The number of primary amides is 1. The second-order valence-corrected chi connectivity index (χ2v) is 5.94. The van der Waals surface area contributed by atoms with E-state index in [4.69, 9.17) is 5.73 Å². The third kappa shape index (κ3) is 5.23. The van der Waals surface area contributed by atoms with Crippen LogP contribution in [-0.4, -0.2) is 17.3 Å². The molecular formula is C20H16F3N3O2. The van der Waals surface area contributed by atoms with Crippen LogP contribution in [0.5, 0.6) is 5.75 Å². The van der Waals surface area contributed by atoms with Crippen molar-refractivity contribution in [3.63, 3.8) is 0 Å². The Morgan fingerprint density at radius 2 is 1.82 bits per heavy atom. The summed E-state index contributed by atoms with van der Waals surface area (Å²) in [7, 11) is 0. The molecule has 0 saturated carbocycles. The Hall–Kier alpha value is -3.55. The molecule has 0 unspecified atom stereocenters. The number of anilines is 2. The fourth-order valence-electron chi connectivity index (χ4n) is 2.62. The number of para-hydroxylation sites is 2. The Morgan fingerprint density at radius 3 is 2.50 bits per heavy atom. The van der Waals surface area contributed by atoms with Gasteiger partial charge < -0.3 is 15.8 Å². The van der Waals surface area contributed by atoms with Crippen LogP contribution >= 0.6 is 0 Å². The van der Waals surface area contributed by atoms with Gasteiger partial charge >= 0.3 is 6.36 Å². The van der Waals surface area contributed by atoms with E-state index < -0.39 is 12.3 Å².